The molecule has 2 rings (SSSR count). The third-order valence-electron chi connectivity index (χ3n) is 2.77. The Hall–Kier alpha value is -0.940. The van der Waals surface area contributed by atoms with E-state index in [4.69, 9.17) is 4.74 Å². The van der Waals surface area contributed by atoms with Crippen molar-refractivity contribution < 1.29 is 4.74 Å². The fourth-order valence-corrected chi connectivity index (χ4v) is 1.87. The summed E-state index contributed by atoms with van der Waals surface area (Å²) in [4.78, 5) is 4.26. The van der Waals surface area contributed by atoms with E-state index in [0.29, 0.717) is 12.1 Å². The van der Waals surface area contributed by atoms with Gasteiger partial charge in [-0.3, -0.25) is 5.10 Å². The normalized spacial score (nSPS) is 26.0. The Morgan fingerprint density at radius 1 is 1.60 bits per heavy atom. The van der Waals surface area contributed by atoms with Gasteiger partial charge < -0.3 is 10.1 Å². The predicted octanol–water partition coefficient (Wildman–Crippen LogP) is 0.423. The van der Waals surface area contributed by atoms with Crippen molar-refractivity contribution in [2.24, 2.45) is 0 Å². The smallest absolute Gasteiger partial charge is 0.151 e. The Morgan fingerprint density at radius 2 is 2.47 bits per heavy atom. The van der Waals surface area contributed by atoms with E-state index >= 15 is 0 Å². The van der Waals surface area contributed by atoms with Gasteiger partial charge in [0.15, 0.2) is 5.82 Å². The van der Waals surface area contributed by atoms with Crippen LogP contribution in [0.1, 0.15) is 25.0 Å². The molecular weight excluding hydrogens is 192 g/mol. The van der Waals surface area contributed by atoms with E-state index in [9.17, 15) is 0 Å². The molecule has 2 N–H and O–H groups in total. The molecule has 1 aliphatic rings. The van der Waals surface area contributed by atoms with Crippen molar-refractivity contribution in [3.8, 4) is 0 Å². The van der Waals surface area contributed by atoms with Crippen LogP contribution in [0.5, 0.6) is 0 Å². The average Bonchev–Trinajstić information content (AvgIpc) is 2.77. The summed E-state index contributed by atoms with van der Waals surface area (Å²) < 4.78 is 5.47. The number of nitrogens with zero attached hydrogens (tertiary/aromatic N) is 2. The molecule has 0 aromatic carbocycles. The van der Waals surface area contributed by atoms with E-state index in [1.54, 1.807) is 0 Å². The number of aromatic nitrogens is 3. The van der Waals surface area contributed by atoms with Crippen LogP contribution in [-0.4, -0.2) is 40.5 Å². The van der Waals surface area contributed by atoms with E-state index in [-0.39, 0.29) is 0 Å². The molecule has 2 unspecified atom stereocenters. The topological polar surface area (TPSA) is 62.8 Å². The van der Waals surface area contributed by atoms with E-state index in [2.05, 4.69) is 27.4 Å². The van der Waals surface area contributed by atoms with Gasteiger partial charge in [0, 0.05) is 25.6 Å². The van der Waals surface area contributed by atoms with Crippen LogP contribution < -0.4 is 5.32 Å². The third-order valence-corrected chi connectivity index (χ3v) is 2.77. The lowest BCUT2D eigenvalue weighted by Gasteiger charge is -2.14. The number of hydrogen-bond acceptors (Lipinski definition) is 4. The summed E-state index contributed by atoms with van der Waals surface area (Å²) in [7, 11) is 0. The summed E-state index contributed by atoms with van der Waals surface area (Å²) in [5.74, 6) is 1.76. The van der Waals surface area contributed by atoms with Crippen LogP contribution in [0.15, 0.2) is 0 Å². The van der Waals surface area contributed by atoms with Gasteiger partial charge in [-0.25, -0.2) is 4.98 Å². The minimum absolute atomic E-state index is 0.332. The Morgan fingerprint density at radius 3 is 3.07 bits per heavy atom. The van der Waals surface area contributed by atoms with Crippen molar-refractivity contribution in [2.45, 2.75) is 38.8 Å². The largest absolute Gasteiger partial charge is 0.377 e. The van der Waals surface area contributed by atoms with Crippen LogP contribution in [0.25, 0.3) is 0 Å². The lowest BCUT2D eigenvalue weighted by Crippen LogP contribution is -2.36. The van der Waals surface area contributed by atoms with Crippen LogP contribution in [-0.2, 0) is 11.2 Å². The molecule has 1 fully saturated rings. The van der Waals surface area contributed by atoms with Crippen molar-refractivity contribution >= 4 is 0 Å². The second-order valence-corrected chi connectivity index (χ2v) is 4.01. The summed E-state index contributed by atoms with van der Waals surface area (Å²) in [5, 5.41) is 10.4. The van der Waals surface area contributed by atoms with Gasteiger partial charge in [0.25, 0.3) is 0 Å². The molecule has 5 heteroatoms. The van der Waals surface area contributed by atoms with Gasteiger partial charge in [0.2, 0.25) is 0 Å². The van der Waals surface area contributed by atoms with Gasteiger partial charge in [0.05, 0.1) is 6.10 Å². The van der Waals surface area contributed by atoms with E-state index in [1.807, 2.05) is 6.92 Å². The Balaban J connectivity index is 1.70. The van der Waals surface area contributed by atoms with Crippen LogP contribution in [0.4, 0.5) is 0 Å². The maximum absolute atomic E-state index is 5.47. The lowest BCUT2D eigenvalue weighted by molar-refractivity contribution is 0.113. The summed E-state index contributed by atoms with van der Waals surface area (Å²) in [5.41, 5.74) is 0. The predicted molar refractivity (Wildman–Crippen MR) is 56.6 cm³/mol. The zero-order chi connectivity index (χ0) is 10.7. The molecule has 1 aromatic heterocycles. The van der Waals surface area contributed by atoms with E-state index in [1.165, 1.54) is 0 Å². The van der Waals surface area contributed by atoms with Gasteiger partial charge in [0.1, 0.15) is 5.82 Å². The molecule has 1 saturated heterocycles. The zero-order valence-electron chi connectivity index (χ0n) is 9.29. The summed E-state index contributed by atoms with van der Waals surface area (Å²) in [6.45, 7) is 5.81. The number of rotatable bonds is 4. The molecule has 2 atom stereocenters. The summed E-state index contributed by atoms with van der Waals surface area (Å²) >= 11 is 0. The Labute approximate surface area is 89.6 Å². The van der Waals surface area contributed by atoms with Gasteiger partial charge in [-0.15, -0.1) is 0 Å². The molecular formula is C10H18N4O. The second kappa shape index (κ2) is 4.72. The molecule has 0 bridgehead atoms. The molecule has 0 amide bonds. The monoisotopic (exact) mass is 210 g/mol. The first kappa shape index (κ1) is 10.6. The summed E-state index contributed by atoms with van der Waals surface area (Å²) in [6.07, 6.45) is 2.31. The maximum atomic E-state index is 5.47. The molecule has 0 aliphatic carbocycles. The van der Waals surface area contributed by atoms with Crippen molar-refractivity contribution in [1.82, 2.24) is 20.5 Å². The van der Waals surface area contributed by atoms with Gasteiger partial charge in [-0.1, -0.05) is 0 Å². The van der Waals surface area contributed by atoms with Crippen molar-refractivity contribution in [3.05, 3.63) is 11.6 Å². The van der Waals surface area contributed by atoms with Crippen LogP contribution in [0.3, 0.4) is 0 Å². The van der Waals surface area contributed by atoms with Gasteiger partial charge >= 0.3 is 0 Å². The molecule has 2 heterocycles. The highest BCUT2D eigenvalue weighted by Crippen LogP contribution is 2.12. The molecule has 84 valence electrons. The first-order chi connectivity index (χ1) is 7.25. The highest BCUT2D eigenvalue weighted by atomic mass is 16.5. The number of aryl methyl sites for hydroxylation is 1. The maximum Gasteiger partial charge on any atom is 0.151 e. The molecule has 0 radical (unpaired) electrons. The SMILES string of the molecule is Cc1nc(CCNC2CCOC2C)n[nH]1. The molecule has 1 aliphatic heterocycles. The van der Waals surface area contributed by atoms with Gasteiger partial charge in [-0.05, 0) is 20.3 Å². The van der Waals surface area contributed by atoms with Crippen molar-refractivity contribution in [1.29, 1.82) is 0 Å². The number of H-pyrrole nitrogens is 1. The average molecular weight is 210 g/mol. The molecule has 5 nitrogen and oxygen atoms in total. The first-order valence-corrected chi connectivity index (χ1v) is 5.48. The van der Waals surface area contributed by atoms with Crippen molar-refractivity contribution in [3.63, 3.8) is 0 Å². The van der Waals surface area contributed by atoms with E-state index < -0.39 is 0 Å². The standard InChI is InChI=1S/C10H18N4O/c1-7-9(4-6-15-7)11-5-3-10-12-8(2)13-14-10/h7,9,11H,3-6H2,1-2H3,(H,12,13,14). The number of aromatic amines is 1. The van der Waals surface area contributed by atoms with Crippen LogP contribution in [0, 0.1) is 6.92 Å². The number of hydrogen-bond donors (Lipinski definition) is 2. The fourth-order valence-electron chi connectivity index (χ4n) is 1.87. The minimum Gasteiger partial charge on any atom is -0.377 e. The molecule has 1 aromatic rings. The second-order valence-electron chi connectivity index (χ2n) is 4.01. The fraction of sp³-hybridized carbons (Fsp3) is 0.800. The van der Waals surface area contributed by atoms with Crippen molar-refractivity contribution in [2.75, 3.05) is 13.2 Å². The molecule has 15 heavy (non-hydrogen) atoms. The van der Waals surface area contributed by atoms with Crippen LogP contribution in [0.2, 0.25) is 0 Å². The highest BCUT2D eigenvalue weighted by Gasteiger charge is 2.23. The minimum atomic E-state index is 0.332. The molecule has 0 saturated carbocycles. The number of nitrogens with one attached hydrogen (secondary N) is 2. The lowest BCUT2D eigenvalue weighted by atomic mass is 10.1. The zero-order valence-corrected chi connectivity index (χ0v) is 9.29. The molecule has 0 spiro atoms. The number of ether oxygens (including phenoxy) is 1. The highest BCUT2D eigenvalue weighted by molar-refractivity contribution is 4.89. The van der Waals surface area contributed by atoms with E-state index in [0.717, 1.165) is 37.6 Å². The first-order valence-electron chi connectivity index (χ1n) is 5.48. The Bertz CT molecular complexity index is 312. The summed E-state index contributed by atoms with van der Waals surface area (Å²) in [6, 6.07) is 0.491. The van der Waals surface area contributed by atoms with Gasteiger partial charge in [-0.2, -0.15) is 5.10 Å². The Kier molecular flexibility index (Phi) is 3.33. The third kappa shape index (κ3) is 2.76. The van der Waals surface area contributed by atoms with Crippen LogP contribution >= 0.6 is 0 Å². The quantitative estimate of drug-likeness (QED) is 0.756.